The molecule has 1 atom stereocenters. The Morgan fingerprint density at radius 2 is 2.00 bits per heavy atom. The first-order valence-corrected chi connectivity index (χ1v) is 7.31. The molecule has 0 heterocycles. The Balaban J connectivity index is 2.19. The summed E-state index contributed by atoms with van der Waals surface area (Å²) in [5.41, 5.74) is 0.696. The van der Waals surface area contributed by atoms with Gasteiger partial charge in [0.15, 0.2) is 0 Å². The van der Waals surface area contributed by atoms with Crippen LogP contribution in [-0.2, 0) is 9.47 Å². The van der Waals surface area contributed by atoms with E-state index in [1.165, 1.54) is 0 Å². The Morgan fingerprint density at radius 3 is 2.70 bits per heavy atom. The molecule has 0 spiro atoms. The molecule has 4 nitrogen and oxygen atoms in total. The van der Waals surface area contributed by atoms with Gasteiger partial charge in [0, 0.05) is 11.6 Å². The standard InChI is InChI=1S/C14H21Cl2NO3/c1-10(2)20-6-5-19-9-12(18)8-17-14-7-11(15)3-4-13(14)16/h3-4,7,10,12,17-18H,5-6,8-9H2,1-2H3. The Morgan fingerprint density at radius 1 is 1.25 bits per heavy atom. The summed E-state index contributed by atoms with van der Waals surface area (Å²) in [6.07, 6.45) is -0.431. The van der Waals surface area contributed by atoms with Crippen LogP contribution in [0.2, 0.25) is 10.0 Å². The van der Waals surface area contributed by atoms with Crippen molar-refractivity contribution in [3.05, 3.63) is 28.2 Å². The predicted molar refractivity (Wildman–Crippen MR) is 82.9 cm³/mol. The number of aliphatic hydroxyl groups excluding tert-OH is 1. The fourth-order valence-corrected chi connectivity index (χ4v) is 1.84. The summed E-state index contributed by atoms with van der Waals surface area (Å²) in [5.74, 6) is 0. The van der Waals surface area contributed by atoms with Crippen molar-refractivity contribution in [2.24, 2.45) is 0 Å². The number of ether oxygens (including phenoxy) is 2. The predicted octanol–water partition coefficient (Wildman–Crippen LogP) is 3.21. The molecule has 0 aromatic heterocycles. The molecule has 0 amide bonds. The molecule has 1 aromatic carbocycles. The van der Waals surface area contributed by atoms with Crippen molar-refractivity contribution in [1.29, 1.82) is 0 Å². The summed E-state index contributed by atoms with van der Waals surface area (Å²) in [5, 5.41) is 14.0. The second-order valence-corrected chi connectivity index (χ2v) is 5.50. The van der Waals surface area contributed by atoms with Gasteiger partial charge >= 0.3 is 0 Å². The molecule has 0 saturated carbocycles. The van der Waals surface area contributed by atoms with E-state index in [9.17, 15) is 5.11 Å². The van der Waals surface area contributed by atoms with E-state index in [1.807, 2.05) is 13.8 Å². The zero-order valence-corrected chi connectivity index (χ0v) is 13.2. The van der Waals surface area contributed by atoms with Crippen LogP contribution in [-0.4, -0.2) is 43.7 Å². The van der Waals surface area contributed by atoms with Crippen molar-refractivity contribution in [1.82, 2.24) is 0 Å². The third-order valence-corrected chi connectivity index (χ3v) is 3.01. The third-order valence-electron chi connectivity index (χ3n) is 2.45. The zero-order valence-electron chi connectivity index (χ0n) is 11.7. The molecule has 0 aliphatic heterocycles. The highest BCUT2D eigenvalue weighted by atomic mass is 35.5. The molecule has 2 N–H and O–H groups in total. The summed E-state index contributed by atoms with van der Waals surface area (Å²) in [7, 11) is 0. The topological polar surface area (TPSA) is 50.7 Å². The molecule has 1 unspecified atom stereocenters. The molecule has 0 bridgehead atoms. The average Bonchev–Trinajstić information content (AvgIpc) is 2.39. The summed E-state index contributed by atoms with van der Waals surface area (Å²) >= 11 is 11.9. The minimum atomic E-state index is -0.621. The fraction of sp³-hybridized carbons (Fsp3) is 0.571. The number of nitrogens with one attached hydrogen (secondary N) is 1. The smallest absolute Gasteiger partial charge is 0.0945 e. The van der Waals surface area contributed by atoms with Crippen molar-refractivity contribution in [2.75, 3.05) is 31.7 Å². The SMILES string of the molecule is CC(C)OCCOCC(O)CNc1cc(Cl)ccc1Cl. The zero-order chi connectivity index (χ0) is 15.0. The van der Waals surface area contributed by atoms with Crippen molar-refractivity contribution in [2.45, 2.75) is 26.1 Å². The molecule has 0 radical (unpaired) electrons. The highest BCUT2D eigenvalue weighted by Crippen LogP contribution is 2.25. The van der Waals surface area contributed by atoms with Gasteiger partial charge in [0.2, 0.25) is 0 Å². The Kier molecular flexibility index (Phi) is 8.26. The quantitative estimate of drug-likeness (QED) is 0.686. The maximum absolute atomic E-state index is 9.77. The van der Waals surface area contributed by atoms with E-state index in [0.717, 1.165) is 0 Å². The highest BCUT2D eigenvalue weighted by molar-refractivity contribution is 6.35. The Labute approximate surface area is 130 Å². The first-order valence-electron chi connectivity index (χ1n) is 6.55. The highest BCUT2D eigenvalue weighted by Gasteiger charge is 2.06. The number of hydrogen-bond acceptors (Lipinski definition) is 4. The summed E-state index contributed by atoms with van der Waals surface area (Å²) in [4.78, 5) is 0. The van der Waals surface area contributed by atoms with Gasteiger partial charge in [0.05, 0.1) is 42.7 Å². The number of hydrogen-bond donors (Lipinski definition) is 2. The lowest BCUT2D eigenvalue weighted by atomic mass is 10.3. The molecule has 0 fully saturated rings. The maximum atomic E-state index is 9.77. The van der Waals surface area contributed by atoms with Crippen LogP contribution in [0, 0.1) is 0 Å². The lowest BCUT2D eigenvalue weighted by molar-refractivity contribution is -0.00734. The van der Waals surface area contributed by atoms with E-state index in [-0.39, 0.29) is 12.7 Å². The van der Waals surface area contributed by atoms with Crippen molar-refractivity contribution < 1.29 is 14.6 Å². The normalized spacial score (nSPS) is 12.7. The van der Waals surface area contributed by atoms with Gasteiger partial charge in [-0.2, -0.15) is 0 Å². The fourth-order valence-electron chi connectivity index (χ4n) is 1.48. The largest absolute Gasteiger partial charge is 0.389 e. The molecule has 1 aromatic rings. The van der Waals surface area contributed by atoms with Crippen LogP contribution in [0.4, 0.5) is 5.69 Å². The Hall–Kier alpha value is -0.520. The molecule has 0 aliphatic rings. The van der Waals surface area contributed by atoms with Gasteiger partial charge in [0.25, 0.3) is 0 Å². The van der Waals surface area contributed by atoms with Crippen LogP contribution < -0.4 is 5.32 Å². The minimum absolute atomic E-state index is 0.190. The van der Waals surface area contributed by atoms with Gasteiger partial charge in [-0.1, -0.05) is 23.2 Å². The molecular weight excluding hydrogens is 301 g/mol. The third kappa shape index (κ3) is 7.31. The van der Waals surface area contributed by atoms with Crippen LogP contribution in [0.15, 0.2) is 18.2 Å². The van der Waals surface area contributed by atoms with Crippen molar-refractivity contribution in [3.8, 4) is 0 Å². The molecule has 0 aliphatic carbocycles. The minimum Gasteiger partial charge on any atom is -0.389 e. The van der Waals surface area contributed by atoms with Crippen LogP contribution in [0.3, 0.4) is 0 Å². The van der Waals surface area contributed by atoms with Crippen molar-refractivity contribution >= 4 is 28.9 Å². The summed E-state index contributed by atoms with van der Waals surface area (Å²) < 4.78 is 10.6. The average molecular weight is 322 g/mol. The van der Waals surface area contributed by atoms with Crippen LogP contribution in [0.5, 0.6) is 0 Å². The van der Waals surface area contributed by atoms with Gasteiger partial charge in [0.1, 0.15) is 0 Å². The van der Waals surface area contributed by atoms with Gasteiger partial charge in [-0.05, 0) is 32.0 Å². The van der Waals surface area contributed by atoms with Crippen LogP contribution in [0.25, 0.3) is 0 Å². The lowest BCUT2D eigenvalue weighted by Crippen LogP contribution is -2.26. The molecule has 6 heteroatoms. The van der Waals surface area contributed by atoms with Gasteiger partial charge in [-0.15, -0.1) is 0 Å². The molecule has 114 valence electrons. The first-order chi connectivity index (χ1) is 9.49. The number of halogens is 2. The van der Waals surface area contributed by atoms with E-state index in [2.05, 4.69) is 5.32 Å². The van der Waals surface area contributed by atoms with Gasteiger partial charge < -0.3 is 19.9 Å². The van der Waals surface area contributed by atoms with Crippen LogP contribution in [0.1, 0.15) is 13.8 Å². The van der Waals surface area contributed by atoms with Crippen molar-refractivity contribution in [3.63, 3.8) is 0 Å². The molecule has 1 rings (SSSR count). The van der Waals surface area contributed by atoms with Gasteiger partial charge in [-0.3, -0.25) is 0 Å². The van der Waals surface area contributed by atoms with E-state index >= 15 is 0 Å². The van der Waals surface area contributed by atoms with Crippen LogP contribution >= 0.6 is 23.2 Å². The molecule has 20 heavy (non-hydrogen) atoms. The van der Waals surface area contributed by atoms with E-state index < -0.39 is 6.10 Å². The van der Waals surface area contributed by atoms with E-state index in [0.29, 0.717) is 35.5 Å². The Bertz CT molecular complexity index is 402. The van der Waals surface area contributed by atoms with Gasteiger partial charge in [-0.25, -0.2) is 0 Å². The lowest BCUT2D eigenvalue weighted by Gasteiger charge is -2.14. The number of aliphatic hydroxyl groups is 1. The number of rotatable bonds is 9. The molecule has 0 saturated heterocycles. The number of anilines is 1. The first kappa shape index (κ1) is 17.5. The summed E-state index contributed by atoms with van der Waals surface area (Å²) in [6.45, 7) is 5.50. The number of benzene rings is 1. The summed E-state index contributed by atoms with van der Waals surface area (Å²) in [6, 6.07) is 5.13. The maximum Gasteiger partial charge on any atom is 0.0945 e. The van der Waals surface area contributed by atoms with E-state index in [4.69, 9.17) is 32.7 Å². The second kappa shape index (κ2) is 9.42. The molecular formula is C14H21Cl2NO3. The van der Waals surface area contributed by atoms with E-state index in [1.54, 1.807) is 18.2 Å². The monoisotopic (exact) mass is 321 g/mol. The second-order valence-electron chi connectivity index (χ2n) is 4.65.